The number of benzene rings is 3. The zero-order chi connectivity index (χ0) is 29.7. The van der Waals surface area contributed by atoms with E-state index in [2.05, 4.69) is 93.0 Å². The molecule has 6 nitrogen and oxygen atoms in total. The van der Waals surface area contributed by atoms with Crippen molar-refractivity contribution in [3.8, 4) is 17.6 Å². The second-order valence-corrected chi connectivity index (χ2v) is 12.8. The fraction of sp³-hybridized carbons (Fsp3) is 0.424. The summed E-state index contributed by atoms with van der Waals surface area (Å²) in [6, 6.07) is 30.1. The first-order chi connectivity index (χ1) is 19.9. The molecular formula is C33H43N2O4PS. The summed E-state index contributed by atoms with van der Waals surface area (Å²) >= 11 is 1.90. The van der Waals surface area contributed by atoms with Gasteiger partial charge < -0.3 is 18.5 Å². The van der Waals surface area contributed by atoms with Crippen LogP contribution in [0.2, 0.25) is 0 Å². The molecule has 0 aromatic heterocycles. The topological polar surface area (TPSA) is 64.0 Å². The van der Waals surface area contributed by atoms with Crippen molar-refractivity contribution in [1.82, 2.24) is 4.67 Å². The molecule has 0 radical (unpaired) electrons. The van der Waals surface area contributed by atoms with Crippen LogP contribution in [0.5, 0.6) is 11.5 Å². The largest absolute Gasteiger partial charge is 0.497 e. The Balaban J connectivity index is 1.88. The average Bonchev–Trinajstić information content (AvgIpc) is 2.99. The summed E-state index contributed by atoms with van der Waals surface area (Å²) in [5, 5.41) is 9.00. The fourth-order valence-corrected chi connectivity index (χ4v) is 7.92. The molecule has 3 aromatic carbocycles. The summed E-state index contributed by atoms with van der Waals surface area (Å²) in [5.74, 6) is 2.51. The lowest BCUT2D eigenvalue weighted by Gasteiger charge is -2.36. The van der Waals surface area contributed by atoms with Gasteiger partial charge >= 0.3 is 0 Å². The third-order valence-electron chi connectivity index (χ3n) is 6.64. The van der Waals surface area contributed by atoms with Gasteiger partial charge in [0, 0.05) is 12.1 Å². The lowest BCUT2D eigenvalue weighted by molar-refractivity contribution is 0.177. The predicted octanol–water partition coefficient (Wildman–Crippen LogP) is 8.41. The summed E-state index contributed by atoms with van der Waals surface area (Å²) < 4.78 is 25.2. The van der Waals surface area contributed by atoms with Crippen molar-refractivity contribution in [2.75, 3.05) is 33.2 Å². The number of rotatable bonds is 17. The molecule has 0 spiro atoms. The summed E-state index contributed by atoms with van der Waals surface area (Å²) in [6.07, 6.45) is 1.20. The highest BCUT2D eigenvalue weighted by Gasteiger charge is 2.37. The molecule has 0 aliphatic rings. The summed E-state index contributed by atoms with van der Waals surface area (Å²) in [6.45, 7) is 9.55. The van der Waals surface area contributed by atoms with E-state index in [4.69, 9.17) is 23.8 Å². The van der Waals surface area contributed by atoms with Gasteiger partial charge in [-0.25, -0.2) is 4.67 Å². The molecule has 8 heteroatoms. The first kappa shape index (κ1) is 32.9. The Morgan fingerprint density at radius 3 is 1.71 bits per heavy atom. The maximum atomic E-state index is 9.00. The van der Waals surface area contributed by atoms with Gasteiger partial charge in [-0.2, -0.15) is 5.26 Å². The molecule has 41 heavy (non-hydrogen) atoms. The van der Waals surface area contributed by atoms with Gasteiger partial charge in [-0.1, -0.05) is 54.6 Å². The van der Waals surface area contributed by atoms with Crippen molar-refractivity contribution >= 4 is 20.3 Å². The van der Waals surface area contributed by atoms with Gasteiger partial charge in [-0.15, -0.1) is 11.8 Å². The monoisotopic (exact) mass is 594 g/mol. The highest BCUT2D eigenvalue weighted by Crippen LogP contribution is 2.50. The van der Waals surface area contributed by atoms with Crippen molar-refractivity contribution in [2.24, 2.45) is 0 Å². The van der Waals surface area contributed by atoms with Gasteiger partial charge in [0.1, 0.15) is 11.5 Å². The van der Waals surface area contributed by atoms with Crippen molar-refractivity contribution in [3.05, 3.63) is 95.6 Å². The molecule has 0 amide bonds. The Morgan fingerprint density at radius 1 is 0.756 bits per heavy atom. The van der Waals surface area contributed by atoms with Crippen LogP contribution in [0.4, 0.5) is 0 Å². The zero-order valence-electron chi connectivity index (χ0n) is 25.1. The summed E-state index contributed by atoms with van der Waals surface area (Å²) in [7, 11) is 2.12. The van der Waals surface area contributed by atoms with Gasteiger partial charge in [0.25, 0.3) is 8.53 Å². The number of hydrogen-bond acceptors (Lipinski definition) is 7. The van der Waals surface area contributed by atoms with Gasteiger partial charge in [-0.05, 0) is 80.8 Å². The van der Waals surface area contributed by atoms with Gasteiger partial charge in [0.15, 0.2) is 0 Å². The second kappa shape index (κ2) is 16.8. The number of thioether (sulfide) groups is 1. The molecule has 1 unspecified atom stereocenters. The Morgan fingerprint density at radius 2 is 1.24 bits per heavy atom. The van der Waals surface area contributed by atoms with Crippen LogP contribution in [0.25, 0.3) is 0 Å². The molecule has 220 valence electrons. The standard InChI is InChI=1S/C33H43N2O4PS/c1-26(2)35(27(3)4)40(38-23-10-22-34)39-24-11-25-41-33(28-12-8-7-9-13-28,29-14-18-31(36-5)19-15-29)30-16-20-32(37-6)21-17-30/h7-9,12-21,26-27H,10-11,23-25H2,1-6H3. The maximum absolute atomic E-state index is 9.00. The lowest BCUT2D eigenvalue weighted by atomic mass is 9.84. The highest BCUT2D eigenvalue weighted by molar-refractivity contribution is 8.00. The molecule has 0 bridgehead atoms. The van der Waals surface area contributed by atoms with E-state index < -0.39 is 13.3 Å². The molecule has 0 heterocycles. The van der Waals surface area contributed by atoms with Crippen LogP contribution in [0, 0.1) is 11.3 Å². The molecule has 1 atom stereocenters. The van der Waals surface area contributed by atoms with Crippen molar-refractivity contribution in [3.63, 3.8) is 0 Å². The van der Waals surface area contributed by atoms with E-state index in [9.17, 15) is 0 Å². The van der Waals surface area contributed by atoms with Crippen LogP contribution in [0.3, 0.4) is 0 Å². The molecule has 0 saturated carbocycles. The van der Waals surface area contributed by atoms with E-state index in [-0.39, 0.29) is 12.1 Å². The second-order valence-electron chi connectivity index (χ2n) is 10.1. The highest BCUT2D eigenvalue weighted by atomic mass is 32.2. The van der Waals surface area contributed by atoms with E-state index >= 15 is 0 Å². The quantitative estimate of drug-likeness (QED) is 0.0883. The van der Waals surface area contributed by atoms with E-state index in [1.165, 1.54) is 16.7 Å². The Hall–Kier alpha value is -2.59. The van der Waals surface area contributed by atoms with Gasteiger partial charge in [-0.3, -0.25) is 0 Å². The molecule has 0 fully saturated rings. The Bertz CT molecular complexity index is 1150. The molecule has 0 N–H and O–H groups in total. The van der Waals surface area contributed by atoms with Crippen molar-refractivity contribution in [1.29, 1.82) is 5.26 Å². The molecule has 0 aliphatic carbocycles. The van der Waals surface area contributed by atoms with Crippen LogP contribution in [0.15, 0.2) is 78.9 Å². The minimum absolute atomic E-state index is 0.272. The number of hydrogen-bond donors (Lipinski definition) is 0. The molecule has 3 aromatic rings. The molecule has 3 rings (SSSR count). The first-order valence-corrected chi connectivity index (χ1v) is 16.2. The molecule has 0 aliphatic heterocycles. The maximum Gasteiger partial charge on any atom is 0.259 e. The van der Waals surface area contributed by atoms with Crippen LogP contribution in [-0.2, 0) is 13.8 Å². The zero-order valence-corrected chi connectivity index (χ0v) is 26.8. The number of nitriles is 1. The van der Waals surface area contributed by atoms with Crippen LogP contribution in [-0.4, -0.2) is 49.9 Å². The fourth-order valence-electron chi connectivity index (χ4n) is 4.81. The van der Waals surface area contributed by atoms with Crippen LogP contribution >= 0.6 is 20.3 Å². The minimum atomic E-state index is -1.26. The number of ether oxygens (including phenoxy) is 2. The first-order valence-electron chi connectivity index (χ1n) is 14.1. The van der Waals surface area contributed by atoms with Crippen molar-refractivity contribution in [2.45, 2.75) is 57.4 Å². The lowest BCUT2D eigenvalue weighted by Crippen LogP contribution is -2.33. The number of nitrogens with zero attached hydrogens (tertiary/aromatic N) is 2. The minimum Gasteiger partial charge on any atom is -0.497 e. The SMILES string of the molecule is COc1ccc(C(SCCCOP(OCCC#N)N(C(C)C)C(C)C)(c2ccccc2)c2ccc(OC)cc2)cc1. The third kappa shape index (κ3) is 8.70. The third-order valence-corrected chi connectivity index (χ3v) is 10.4. The predicted molar refractivity (Wildman–Crippen MR) is 171 cm³/mol. The Labute approximate surface area is 251 Å². The van der Waals surface area contributed by atoms with Gasteiger partial charge in [0.05, 0.1) is 44.7 Å². The van der Waals surface area contributed by atoms with Crippen LogP contribution < -0.4 is 9.47 Å². The van der Waals surface area contributed by atoms with Gasteiger partial charge in [0.2, 0.25) is 0 Å². The van der Waals surface area contributed by atoms with E-state index in [0.29, 0.717) is 19.6 Å². The van der Waals surface area contributed by atoms with E-state index in [1.807, 2.05) is 36.0 Å². The smallest absolute Gasteiger partial charge is 0.259 e. The number of methoxy groups -OCH3 is 2. The van der Waals surface area contributed by atoms with E-state index in [0.717, 1.165) is 23.7 Å². The average molecular weight is 595 g/mol. The molecular weight excluding hydrogens is 551 g/mol. The molecule has 0 saturated heterocycles. The Kier molecular flexibility index (Phi) is 13.5. The summed E-state index contributed by atoms with van der Waals surface area (Å²) in [5.41, 5.74) is 3.55. The summed E-state index contributed by atoms with van der Waals surface area (Å²) in [4.78, 5) is 0. The van der Waals surface area contributed by atoms with Crippen LogP contribution in [0.1, 0.15) is 57.2 Å². The normalized spacial score (nSPS) is 12.5. The van der Waals surface area contributed by atoms with Crippen molar-refractivity contribution < 1.29 is 18.5 Å². The van der Waals surface area contributed by atoms with E-state index in [1.54, 1.807) is 14.2 Å².